The maximum Gasteiger partial charge on any atom is 0.321 e. The third-order valence-electron chi connectivity index (χ3n) is 3.05. The first-order valence-corrected chi connectivity index (χ1v) is 9.13. The standard InChI is InChI=1S/C17H22N4O4S/c1-11(2)8-18-16(23)19-14(22)10-26-17-21-20-15(25-17)9-24-13-6-4-5-12(3)7-13/h4-7,11H,8-10H2,1-3H3,(H2,18,19,22,23). The highest BCUT2D eigenvalue weighted by Gasteiger charge is 2.12. The summed E-state index contributed by atoms with van der Waals surface area (Å²) in [6.45, 7) is 6.55. The number of nitrogens with one attached hydrogen (secondary N) is 2. The van der Waals surface area contributed by atoms with Gasteiger partial charge in [0.2, 0.25) is 5.91 Å². The van der Waals surface area contributed by atoms with E-state index in [-0.39, 0.29) is 17.6 Å². The van der Waals surface area contributed by atoms with E-state index in [4.69, 9.17) is 9.15 Å². The molecule has 3 amide bonds. The molecular formula is C17H22N4O4S. The summed E-state index contributed by atoms with van der Waals surface area (Å²) in [5, 5.41) is 12.8. The van der Waals surface area contributed by atoms with E-state index in [1.807, 2.05) is 45.0 Å². The van der Waals surface area contributed by atoms with E-state index in [9.17, 15) is 9.59 Å². The average Bonchev–Trinajstić information content (AvgIpc) is 3.04. The van der Waals surface area contributed by atoms with Gasteiger partial charge in [0.25, 0.3) is 11.1 Å². The van der Waals surface area contributed by atoms with Gasteiger partial charge < -0.3 is 14.5 Å². The van der Waals surface area contributed by atoms with Gasteiger partial charge in [-0.1, -0.05) is 37.7 Å². The summed E-state index contributed by atoms with van der Waals surface area (Å²) < 4.78 is 11.0. The van der Waals surface area contributed by atoms with Crippen molar-refractivity contribution in [2.45, 2.75) is 32.6 Å². The molecule has 2 rings (SSSR count). The lowest BCUT2D eigenvalue weighted by Crippen LogP contribution is -2.41. The summed E-state index contributed by atoms with van der Waals surface area (Å²) in [4.78, 5) is 23.2. The van der Waals surface area contributed by atoms with E-state index >= 15 is 0 Å². The van der Waals surface area contributed by atoms with Crippen LogP contribution in [0.4, 0.5) is 4.79 Å². The summed E-state index contributed by atoms with van der Waals surface area (Å²) in [5.41, 5.74) is 1.09. The van der Waals surface area contributed by atoms with E-state index < -0.39 is 11.9 Å². The van der Waals surface area contributed by atoms with Crippen molar-refractivity contribution in [1.82, 2.24) is 20.8 Å². The summed E-state index contributed by atoms with van der Waals surface area (Å²) in [6.07, 6.45) is 0. The summed E-state index contributed by atoms with van der Waals surface area (Å²) in [6, 6.07) is 7.11. The first-order chi connectivity index (χ1) is 12.4. The molecule has 2 aromatic rings. The van der Waals surface area contributed by atoms with Gasteiger partial charge in [0.15, 0.2) is 6.61 Å². The predicted molar refractivity (Wildman–Crippen MR) is 96.9 cm³/mol. The van der Waals surface area contributed by atoms with Crippen LogP contribution in [0.3, 0.4) is 0 Å². The van der Waals surface area contributed by atoms with Crippen molar-refractivity contribution < 1.29 is 18.7 Å². The van der Waals surface area contributed by atoms with Crippen molar-refractivity contribution in [3.05, 3.63) is 35.7 Å². The Morgan fingerprint density at radius 1 is 1.31 bits per heavy atom. The predicted octanol–water partition coefficient (Wildman–Crippen LogP) is 2.53. The van der Waals surface area contributed by atoms with E-state index in [1.165, 1.54) is 0 Å². The number of imide groups is 1. The molecule has 2 N–H and O–H groups in total. The SMILES string of the molecule is Cc1cccc(OCc2nnc(SCC(=O)NC(=O)NCC(C)C)o2)c1. The number of aromatic nitrogens is 2. The van der Waals surface area contributed by atoms with E-state index in [0.717, 1.165) is 17.3 Å². The van der Waals surface area contributed by atoms with Crippen LogP contribution >= 0.6 is 11.8 Å². The average molecular weight is 378 g/mol. The Hall–Kier alpha value is -2.55. The second-order valence-corrected chi connectivity index (χ2v) is 6.93. The van der Waals surface area contributed by atoms with Crippen molar-refractivity contribution in [2.24, 2.45) is 5.92 Å². The van der Waals surface area contributed by atoms with E-state index in [1.54, 1.807) is 0 Å². The number of aryl methyl sites for hydroxylation is 1. The molecule has 0 saturated carbocycles. The highest BCUT2D eigenvalue weighted by molar-refractivity contribution is 7.99. The number of carbonyl (C=O) groups excluding carboxylic acids is 2. The molecule has 0 aliphatic heterocycles. The Morgan fingerprint density at radius 3 is 2.85 bits per heavy atom. The summed E-state index contributed by atoms with van der Waals surface area (Å²) >= 11 is 1.05. The molecule has 1 heterocycles. The zero-order chi connectivity index (χ0) is 18.9. The number of urea groups is 1. The molecule has 1 aromatic heterocycles. The number of thioether (sulfide) groups is 1. The molecule has 0 atom stereocenters. The van der Waals surface area contributed by atoms with Crippen molar-refractivity contribution in [3.8, 4) is 5.75 Å². The van der Waals surface area contributed by atoms with Crippen LogP contribution in [0, 0.1) is 12.8 Å². The second-order valence-electron chi connectivity index (χ2n) is 6.01. The molecule has 0 unspecified atom stereocenters. The molecule has 0 aliphatic carbocycles. The molecule has 1 aromatic carbocycles. The van der Waals surface area contributed by atoms with Crippen LogP contribution < -0.4 is 15.4 Å². The van der Waals surface area contributed by atoms with Gasteiger partial charge in [0, 0.05) is 6.54 Å². The lowest BCUT2D eigenvalue weighted by molar-refractivity contribution is -0.117. The number of nitrogens with zero attached hydrogens (tertiary/aromatic N) is 2. The molecule has 0 aliphatic rings. The van der Waals surface area contributed by atoms with Crippen LogP contribution in [-0.4, -0.2) is 34.4 Å². The molecule has 0 spiro atoms. The van der Waals surface area contributed by atoms with Crippen LogP contribution in [-0.2, 0) is 11.4 Å². The molecule has 0 fully saturated rings. The number of hydrogen-bond donors (Lipinski definition) is 2. The van der Waals surface area contributed by atoms with E-state index in [0.29, 0.717) is 24.1 Å². The lowest BCUT2D eigenvalue weighted by Gasteiger charge is -2.07. The fourth-order valence-corrected chi connectivity index (χ4v) is 2.42. The molecular weight excluding hydrogens is 356 g/mol. The number of ether oxygens (including phenoxy) is 1. The maximum atomic E-state index is 11.7. The number of amides is 3. The lowest BCUT2D eigenvalue weighted by atomic mass is 10.2. The fourth-order valence-electron chi connectivity index (χ4n) is 1.84. The largest absolute Gasteiger partial charge is 0.484 e. The van der Waals surface area contributed by atoms with E-state index in [2.05, 4.69) is 20.8 Å². The zero-order valence-corrected chi connectivity index (χ0v) is 15.8. The Morgan fingerprint density at radius 2 is 2.12 bits per heavy atom. The van der Waals surface area contributed by atoms with Crippen LogP contribution in [0.25, 0.3) is 0 Å². The van der Waals surface area contributed by atoms with Crippen LogP contribution in [0.2, 0.25) is 0 Å². The first-order valence-electron chi connectivity index (χ1n) is 8.14. The van der Waals surface area contributed by atoms with Gasteiger partial charge in [-0.15, -0.1) is 10.2 Å². The number of benzene rings is 1. The van der Waals surface area contributed by atoms with Gasteiger partial charge in [-0.2, -0.15) is 0 Å². The Labute approximate surface area is 156 Å². The first kappa shape index (κ1) is 19.8. The minimum atomic E-state index is -0.512. The zero-order valence-electron chi connectivity index (χ0n) is 14.9. The third-order valence-corrected chi connectivity index (χ3v) is 3.87. The van der Waals surface area contributed by atoms with Crippen molar-refractivity contribution in [2.75, 3.05) is 12.3 Å². The number of hydrogen-bond acceptors (Lipinski definition) is 7. The molecule has 8 nitrogen and oxygen atoms in total. The number of rotatable bonds is 8. The smallest absolute Gasteiger partial charge is 0.321 e. The molecule has 0 radical (unpaired) electrons. The minimum absolute atomic E-state index is 0.00450. The van der Waals surface area contributed by atoms with Crippen LogP contribution in [0.5, 0.6) is 5.75 Å². The quantitative estimate of drug-likeness (QED) is 0.680. The van der Waals surface area contributed by atoms with Gasteiger partial charge in [-0.25, -0.2) is 4.79 Å². The van der Waals surface area contributed by atoms with Crippen molar-refractivity contribution in [3.63, 3.8) is 0 Å². The van der Waals surface area contributed by atoms with Gasteiger partial charge in [-0.3, -0.25) is 10.1 Å². The molecule has 0 bridgehead atoms. The molecule has 26 heavy (non-hydrogen) atoms. The summed E-state index contributed by atoms with van der Waals surface area (Å²) in [7, 11) is 0. The monoisotopic (exact) mass is 378 g/mol. The maximum absolute atomic E-state index is 11.7. The van der Waals surface area contributed by atoms with Crippen molar-refractivity contribution in [1.29, 1.82) is 0 Å². The van der Waals surface area contributed by atoms with Crippen LogP contribution in [0.15, 0.2) is 33.9 Å². The van der Waals surface area contributed by atoms with Crippen LogP contribution in [0.1, 0.15) is 25.3 Å². The van der Waals surface area contributed by atoms with Gasteiger partial charge in [0.05, 0.1) is 5.75 Å². The Bertz CT molecular complexity index is 748. The van der Waals surface area contributed by atoms with Crippen molar-refractivity contribution >= 4 is 23.7 Å². The highest BCUT2D eigenvalue weighted by Crippen LogP contribution is 2.18. The molecule has 9 heteroatoms. The third kappa shape index (κ3) is 7.14. The molecule has 0 saturated heterocycles. The highest BCUT2D eigenvalue weighted by atomic mass is 32.2. The fraction of sp³-hybridized carbons (Fsp3) is 0.412. The molecule has 140 valence electrons. The normalized spacial score (nSPS) is 10.6. The second kappa shape index (κ2) is 9.81. The topological polar surface area (TPSA) is 106 Å². The Balaban J connectivity index is 1.72. The van der Waals surface area contributed by atoms with Gasteiger partial charge in [0.1, 0.15) is 5.75 Å². The minimum Gasteiger partial charge on any atom is -0.484 e. The Kier molecular flexibility index (Phi) is 7.46. The number of carbonyl (C=O) groups is 2. The van der Waals surface area contributed by atoms with Gasteiger partial charge in [-0.05, 0) is 30.5 Å². The van der Waals surface area contributed by atoms with Gasteiger partial charge >= 0.3 is 6.03 Å². The summed E-state index contributed by atoms with van der Waals surface area (Å²) in [5.74, 6) is 0.888.